The van der Waals surface area contributed by atoms with E-state index in [1.807, 2.05) is 25.3 Å². The molecule has 0 aliphatic rings. The van der Waals surface area contributed by atoms with E-state index in [0.717, 1.165) is 16.7 Å². The van der Waals surface area contributed by atoms with E-state index in [4.69, 9.17) is 10.5 Å². The maximum absolute atomic E-state index is 5.93. The van der Waals surface area contributed by atoms with Crippen LogP contribution < -0.4 is 5.73 Å². The molecule has 2 N–H and O–H groups in total. The Labute approximate surface area is 140 Å². The number of nitrogens with zero attached hydrogens (tertiary/aromatic N) is 2. The Morgan fingerprint density at radius 3 is 2.90 bits per heavy atom. The number of benzene rings is 1. The minimum atomic E-state index is 0. The number of fused-ring (bicyclic) bond motifs is 1. The van der Waals surface area contributed by atoms with E-state index in [9.17, 15) is 0 Å². The molecule has 0 aliphatic carbocycles. The lowest BCUT2D eigenvalue weighted by atomic mass is 10.1. The van der Waals surface area contributed by atoms with Crippen molar-refractivity contribution in [3.8, 4) is 0 Å². The van der Waals surface area contributed by atoms with Crippen molar-refractivity contribution >= 4 is 44.8 Å². The second-order valence-corrected chi connectivity index (χ2v) is 5.55. The topological polar surface area (TPSA) is 60.5 Å². The lowest BCUT2D eigenvalue weighted by molar-refractivity contribution is 0.186. The van der Waals surface area contributed by atoms with Crippen molar-refractivity contribution in [3.63, 3.8) is 0 Å². The van der Waals surface area contributed by atoms with Crippen molar-refractivity contribution in [2.75, 3.05) is 13.7 Å². The van der Waals surface area contributed by atoms with Crippen LogP contribution in [0.1, 0.15) is 12.5 Å². The highest BCUT2D eigenvalue weighted by molar-refractivity contribution is 8.93. The van der Waals surface area contributed by atoms with Crippen LogP contribution in [0.2, 0.25) is 0 Å². The van der Waals surface area contributed by atoms with Gasteiger partial charge in [-0.2, -0.15) is 0 Å². The average Bonchev–Trinajstić information content (AvgIpc) is 2.45. The molecule has 0 amide bonds. The summed E-state index contributed by atoms with van der Waals surface area (Å²) in [6.07, 6.45) is 1.81. The maximum Gasteiger partial charge on any atom is 0.154 e. The third-order valence-corrected chi connectivity index (χ3v) is 3.70. The van der Waals surface area contributed by atoms with Crippen molar-refractivity contribution < 1.29 is 4.74 Å². The summed E-state index contributed by atoms with van der Waals surface area (Å²) >= 11 is 1.53. The van der Waals surface area contributed by atoms with E-state index in [1.165, 1.54) is 17.3 Å². The Balaban J connectivity index is 0.00000220. The van der Waals surface area contributed by atoms with Crippen LogP contribution in [0.25, 0.3) is 10.9 Å². The molecule has 114 valence electrons. The molecule has 0 radical (unpaired) electrons. The lowest BCUT2D eigenvalue weighted by Gasteiger charge is -2.08. The molecule has 1 heterocycles. The zero-order chi connectivity index (χ0) is 14.4. The number of methoxy groups -OCH3 is 1. The number of ether oxygens (including phenoxy) is 1. The lowest BCUT2D eigenvalue weighted by Crippen LogP contribution is -2.15. The first-order chi connectivity index (χ1) is 9.70. The quantitative estimate of drug-likeness (QED) is 0.647. The number of thioether (sulfide) groups is 1. The van der Waals surface area contributed by atoms with Gasteiger partial charge in [-0.1, -0.05) is 36.0 Å². The predicted molar refractivity (Wildman–Crippen MR) is 96.3 cm³/mol. The summed E-state index contributed by atoms with van der Waals surface area (Å²) in [4.78, 5) is 8.81. The van der Waals surface area contributed by atoms with Crippen molar-refractivity contribution in [2.24, 2.45) is 10.7 Å². The summed E-state index contributed by atoms with van der Waals surface area (Å²) in [5.74, 6) is 0.767. The number of pyridine rings is 1. The van der Waals surface area contributed by atoms with Crippen molar-refractivity contribution in [2.45, 2.75) is 18.7 Å². The highest BCUT2D eigenvalue weighted by Crippen LogP contribution is 2.20. The SMILES string of the molecule is Br.COCC(C)N=C(N)SCc1cccc2cccnc12. The normalized spacial score (nSPS) is 13.0. The standard InChI is InChI=1S/C15H19N3OS.BrH/c1-11(9-19-2)18-15(16)20-10-13-6-3-5-12-7-4-8-17-14(12)13;/h3-8,11H,9-10H2,1-2H3,(H2,16,18);1H. The molecule has 4 nitrogen and oxygen atoms in total. The zero-order valence-corrected chi connectivity index (χ0v) is 14.7. The van der Waals surface area contributed by atoms with Crippen LogP contribution in [0, 0.1) is 0 Å². The van der Waals surface area contributed by atoms with Gasteiger partial charge in [0, 0.05) is 24.4 Å². The average molecular weight is 370 g/mol. The Morgan fingerprint density at radius 2 is 2.14 bits per heavy atom. The number of aromatic nitrogens is 1. The van der Waals surface area contributed by atoms with Gasteiger partial charge in [-0.05, 0) is 18.6 Å². The second-order valence-electron chi connectivity index (χ2n) is 4.55. The number of rotatable bonds is 5. The number of hydrogen-bond donors (Lipinski definition) is 1. The Bertz CT molecular complexity index is 601. The Kier molecular flexibility index (Phi) is 7.71. The number of aliphatic imine (C=N–C) groups is 1. The molecule has 1 atom stereocenters. The predicted octanol–water partition coefficient (Wildman–Crippen LogP) is 3.40. The molecular weight excluding hydrogens is 350 g/mol. The minimum Gasteiger partial charge on any atom is -0.382 e. The van der Waals surface area contributed by atoms with Crippen LogP contribution in [-0.4, -0.2) is 29.9 Å². The largest absolute Gasteiger partial charge is 0.382 e. The molecule has 0 aliphatic heterocycles. The Morgan fingerprint density at radius 1 is 1.38 bits per heavy atom. The third kappa shape index (κ3) is 5.30. The van der Waals surface area contributed by atoms with Crippen LogP contribution in [0.15, 0.2) is 41.5 Å². The number of halogens is 1. The van der Waals surface area contributed by atoms with Crippen LogP contribution in [-0.2, 0) is 10.5 Å². The van der Waals surface area contributed by atoms with Gasteiger partial charge in [-0.15, -0.1) is 17.0 Å². The van der Waals surface area contributed by atoms with Gasteiger partial charge >= 0.3 is 0 Å². The van der Waals surface area contributed by atoms with Crippen LogP contribution in [0.5, 0.6) is 0 Å². The summed E-state index contributed by atoms with van der Waals surface area (Å²) in [6, 6.07) is 10.3. The maximum atomic E-state index is 5.93. The molecule has 0 saturated carbocycles. The molecular formula is C15H20BrN3OS. The smallest absolute Gasteiger partial charge is 0.154 e. The van der Waals surface area contributed by atoms with Gasteiger partial charge in [0.2, 0.25) is 0 Å². The summed E-state index contributed by atoms with van der Waals surface area (Å²) in [5.41, 5.74) is 8.13. The van der Waals surface area contributed by atoms with E-state index in [0.29, 0.717) is 11.8 Å². The molecule has 0 fully saturated rings. The molecule has 1 aromatic carbocycles. The monoisotopic (exact) mass is 369 g/mol. The highest BCUT2D eigenvalue weighted by atomic mass is 79.9. The van der Waals surface area contributed by atoms with E-state index in [1.54, 1.807) is 7.11 Å². The second kappa shape index (κ2) is 9.02. The number of hydrogen-bond acceptors (Lipinski definition) is 4. The fraction of sp³-hybridized carbons (Fsp3) is 0.333. The molecule has 2 rings (SSSR count). The van der Waals surface area contributed by atoms with Crippen molar-refractivity contribution in [3.05, 3.63) is 42.1 Å². The molecule has 2 aromatic rings. The number of nitrogens with two attached hydrogens (primary N) is 1. The van der Waals surface area contributed by atoms with Crippen LogP contribution in [0.4, 0.5) is 0 Å². The van der Waals surface area contributed by atoms with Gasteiger partial charge < -0.3 is 10.5 Å². The Hall–Kier alpha value is -1.11. The fourth-order valence-corrected chi connectivity index (χ4v) is 2.76. The molecule has 6 heteroatoms. The molecule has 0 saturated heterocycles. The third-order valence-electron chi connectivity index (χ3n) is 2.85. The molecule has 21 heavy (non-hydrogen) atoms. The van der Waals surface area contributed by atoms with Crippen LogP contribution in [0.3, 0.4) is 0 Å². The van der Waals surface area contributed by atoms with E-state index in [2.05, 4.69) is 28.2 Å². The zero-order valence-electron chi connectivity index (χ0n) is 12.2. The van der Waals surface area contributed by atoms with Gasteiger partial charge in [0.05, 0.1) is 18.2 Å². The van der Waals surface area contributed by atoms with Gasteiger partial charge in [0.25, 0.3) is 0 Å². The molecule has 0 bridgehead atoms. The molecule has 1 unspecified atom stereocenters. The fourth-order valence-electron chi connectivity index (χ4n) is 1.97. The van der Waals surface area contributed by atoms with Crippen molar-refractivity contribution in [1.29, 1.82) is 0 Å². The van der Waals surface area contributed by atoms with Gasteiger partial charge in [0.1, 0.15) is 0 Å². The number of amidine groups is 1. The first-order valence-electron chi connectivity index (χ1n) is 6.48. The molecule has 1 aromatic heterocycles. The summed E-state index contributed by atoms with van der Waals surface area (Å²) < 4.78 is 5.04. The van der Waals surface area contributed by atoms with E-state index >= 15 is 0 Å². The first kappa shape index (κ1) is 17.9. The summed E-state index contributed by atoms with van der Waals surface area (Å²) in [5, 5.41) is 1.73. The van der Waals surface area contributed by atoms with Crippen LogP contribution >= 0.6 is 28.7 Å². The van der Waals surface area contributed by atoms with Crippen molar-refractivity contribution in [1.82, 2.24) is 4.98 Å². The summed E-state index contributed by atoms with van der Waals surface area (Å²) in [7, 11) is 1.66. The van der Waals surface area contributed by atoms with E-state index < -0.39 is 0 Å². The summed E-state index contributed by atoms with van der Waals surface area (Å²) in [6.45, 7) is 2.56. The molecule has 0 spiro atoms. The van der Waals surface area contributed by atoms with E-state index in [-0.39, 0.29) is 23.0 Å². The highest BCUT2D eigenvalue weighted by Gasteiger charge is 2.05. The first-order valence-corrected chi connectivity index (χ1v) is 7.47. The minimum absolute atomic E-state index is 0. The van der Waals surface area contributed by atoms with Gasteiger partial charge in [-0.25, -0.2) is 0 Å². The van der Waals surface area contributed by atoms with Gasteiger partial charge in [0.15, 0.2) is 5.17 Å². The number of para-hydroxylation sites is 1. The van der Waals surface area contributed by atoms with Gasteiger partial charge in [-0.3, -0.25) is 9.98 Å².